The van der Waals surface area contributed by atoms with Gasteiger partial charge in [0.15, 0.2) is 0 Å². The van der Waals surface area contributed by atoms with Gasteiger partial charge in [0, 0.05) is 5.56 Å². The number of halogens is 1. The Morgan fingerprint density at radius 2 is 1.57 bits per heavy atom. The van der Waals surface area contributed by atoms with Crippen molar-refractivity contribution < 1.29 is 9.18 Å². The molecule has 104 valence electrons. The van der Waals surface area contributed by atoms with Crippen LogP contribution >= 0.6 is 0 Å². The molecule has 0 radical (unpaired) electrons. The Hall–Kier alpha value is -3.13. The van der Waals surface area contributed by atoms with Crippen LogP contribution < -0.4 is 10.9 Å². The summed E-state index contributed by atoms with van der Waals surface area (Å²) in [5.41, 5.74) is 7.25. The topological polar surface area (TPSA) is 64.9 Å². The summed E-state index contributed by atoms with van der Waals surface area (Å²) in [6, 6.07) is 14.0. The summed E-state index contributed by atoms with van der Waals surface area (Å²) in [6.45, 7) is 3.79. The van der Waals surface area contributed by atoms with Crippen LogP contribution in [0.4, 0.5) is 4.39 Å². The predicted molar refractivity (Wildman–Crippen MR) is 77.2 cm³/mol. The zero-order valence-corrected chi connectivity index (χ0v) is 11.1. The van der Waals surface area contributed by atoms with Crippen molar-refractivity contribution in [1.29, 1.82) is 5.26 Å². The first kappa shape index (κ1) is 14.3. The number of nitriles is 1. The molecule has 0 saturated carbocycles. The van der Waals surface area contributed by atoms with Gasteiger partial charge in [-0.15, -0.1) is 0 Å². The lowest BCUT2D eigenvalue weighted by molar-refractivity contribution is 0.0942. The minimum atomic E-state index is -0.401. The van der Waals surface area contributed by atoms with Crippen molar-refractivity contribution in [2.45, 2.75) is 0 Å². The summed E-state index contributed by atoms with van der Waals surface area (Å²) in [5, 5.41) is 8.72. The molecule has 2 aromatic rings. The zero-order chi connectivity index (χ0) is 15.2. The smallest absolute Gasteiger partial charge is 0.269 e. The summed E-state index contributed by atoms with van der Waals surface area (Å²) in [7, 11) is 0. The molecule has 0 heterocycles. The van der Waals surface area contributed by atoms with Crippen LogP contribution in [0.15, 0.2) is 55.1 Å². The highest BCUT2D eigenvalue weighted by molar-refractivity contribution is 5.94. The maximum atomic E-state index is 12.8. The molecular formula is C16H12FN3O. The molecule has 0 atom stereocenters. The van der Waals surface area contributed by atoms with E-state index in [4.69, 9.17) is 5.26 Å². The molecule has 0 fully saturated rings. The van der Waals surface area contributed by atoms with Crippen LogP contribution in [0.5, 0.6) is 0 Å². The highest BCUT2D eigenvalue weighted by Crippen LogP contribution is 2.10. The fraction of sp³-hybridized carbons (Fsp3) is 0. The molecule has 0 spiro atoms. The van der Waals surface area contributed by atoms with Crippen molar-refractivity contribution in [3.8, 4) is 6.07 Å². The molecule has 0 aliphatic carbocycles. The van der Waals surface area contributed by atoms with Crippen molar-refractivity contribution in [1.82, 2.24) is 10.9 Å². The molecule has 2 aromatic carbocycles. The molecule has 1 amide bonds. The third-order valence-corrected chi connectivity index (χ3v) is 2.80. The minimum Gasteiger partial charge on any atom is -0.298 e. The number of hydrogen-bond donors (Lipinski definition) is 2. The van der Waals surface area contributed by atoms with Gasteiger partial charge in [-0.1, -0.05) is 18.7 Å². The second-order valence-corrected chi connectivity index (χ2v) is 4.25. The molecule has 21 heavy (non-hydrogen) atoms. The van der Waals surface area contributed by atoms with E-state index in [1.54, 1.807) is 24.3 Å². The SMILES string of the molecule is C=C(NNC(=O)c1ccc(F)cc1)c1ccc(C#N)cc1. The lowest BCUT2D eigenvalue weighted by Gasteiger charge is -2.11. The van der Waals surface area contributed by atoms with E-state index in [0.717, 1.165) is 5.56 Å². The van der Waals surface area contributed by atoms with Crippen molar-refractivity contribution in [3.05, 3.63) is 77.6 Å². The van der Waals surface area contributed by atoms with Gasteiger partial charge < -0.3 is 0 Å². The van der Waals surface area contributed by atoms with E-state index in [0.29, 0.717) is 16.8 Å². The summed E-state index contributed by atoms with van der Waals surface area (Å²) in [6.07, 6.45) is 0. The first-order valence-corrected chi connectivity index (χ1v) is 6.11. The first-order valence-electron chi connectivity index (χ1n) is 6.11. The van der Waals surface area contributed by atoms with E-state index in [1.165, 1.54) is 24.3 Å². The monoisotopic (exact) mass is 281 g/mol. The molecule has 0 aliphatic heterocycles. The average Bonchev–Trinajstić information content (AvgIpc) is 2.53. The first-order chi connectivity index (χ1) is 10.1. The largest absolute Gasteiger partial charge is 0.298 e. The Balaban J connectivity index is 1.95. The second-order valence-electron chi connectivity index (χ2n) is 4.25. The number of hydrogen-bond acceptors (Lipinski definition) is 3. The minimum absolute atomic E-state index is 0.330. The average molecular weight is 281 g/mol. The van der Waals surface area contributed by atoms with Gasteiger partial charge in [0.1, 0.15) is 5.82 Å². The van der Waals surface area contributed by atoms with Crippen molar-refractivity contribution in [2.75, 3.05) is 0 Å². The Morgan fingerprint density at radius 1 is 1.00 bits per heavy atom. The van der Waals surface area contributed by atoms with E-state index in [1.807, 2.05) is 6.07 Å². The summed E-state index contributed by atoms with van der Waals surface area (Å²) >= 11 is 0. The standard InChI is InChI=1S/C16H12FN3O/c1-11(13-4-2-12(10-18)3-5-13)19-20-16(21)14-6-8-15(17)9-7-14/h2-9,19H,1H2,(H,20,21). The Kier molecular flexibility index (Phi) is 4.32. The molecule has 0 aromatic heterocycles. The number of nitrogens with one attached hydrogen (secondary N) is 2. The molecular weight excluding hydrogens is 269 g/mol. The Bertz CT molecular complexity index is 700. The number of hydrazine groups is 1. The number of carbonyl (C=O) groups excluding carboxylic acids is 1. The van der Waals surface area contributed by atoms with Gasteiger partial charge in [0.25, 0.3) is 5.91 Å². The molecule has 0 aliphatic rings. The van der Waals surface area contributed by atoms with Crippen LogP contribution in [0.2, 0.25) is 0 Å². The zero-order valence-electron chi connectivity index (χ0n) is 11.1. The van der Waals surface area contributed by atoms with E-state index < -0.39 is 11.7 Å². The summed E-state index contributed by atoms with van der Waals surface area (Å²) in [5.74, 6) is -0.800. The molecule has 2 rings (SSSR count). The maximum absolute atomic E-state index is 12.8. The predicted octanol–water partition coefficient (Wildman–Crippen LogP) is 2.60. The third kappa shape index (κ3) is 3.67. The molecule has 4 nitrogen and oxygen atoms in total. The van der Waals surface area contributed by atoms with Crippen LogP contribution in [0.1, 0.15) is 21.5 Å². The van der Waals surface area contributed by atoms with Gasteiger partial charge in [0.2, 0.25) is 0 Å². The third-order valence-electron chi connectivity index (χ3n) is 2.80. The van der Waals surface area contributed by atoms with Gasteiger partial charge in [-0.25, -0.2) is 4.39 Å². The molecule has 0 saturated heterocycles. The molecule has 0 bridgehead atoms. The normalized spacial score (nSPS) is 9.52. The quantitative estimate of drug-likeness (QED) is 0.847. The van der Waals surface area contributed by atoms with Crippen LogP contribution in [0.3, 0.4) is 0 Å². The van der Waals surface area contributed by atoms with E-state index in [9.17, 15) is 9.18 Å². The second kappa shape index (κ2) is 6.35. The van der Waals surface area contributed by atoms with Crippen LogP contribution in [0, 0.1) is 17.1 Å². The number of nitrogens with zero attached hydrogens (tertiary/aromatic N) is 1. The van der Waals surface area contributed by atoms with Gasteiger partial charge in [-0.3, -0.25) is 15.6 Å². The van der Waals surface area contributed by atoms with E-state index >= 15 is 0 Å². The van der Waals surface area contributed by atoms with Gasteiger partial charge in [0.05, 0.1) is 17.3 Å². The Morgan fingerprint density at radius 3 is 2.14 bits per heavy atom. The molecule has 5 heteroatoms. The van der Waals surface area contributed by atoms with Crippen LogP contribution in [0.25, 0.3) is 5.70 Å². The number of carbonyl (C=O) groups is 1. The number of benzene rings is 2. The van der Waals surface area contributed by atoms with Crippen LogP contribution in [-0.2, 0) is 0 Å². The van der Waals surface area contributed by atoms with Gasteiger partial charge in [-0.2, -0.15) is 5.26 Å². The highest BCUT2D eigenvalue weighted by atomic mass is 19.1. The number of amides is 1. The molecule has 2 N–H and O–H groups in total. The fourth-order valence-electron chi connectivity index (χ4n) is 1.62. The fourth-order valence-corrected chi connectivity index (χ4v) is 1.62. The van der Waals surface area contributed by atoms with E-state index in [-0.39, 0.29) is 0 Å². The van der Waals surface area contributed by atoms with Crippen molar-refractivity contribution in [2.24, 2.45) is 0 Å². The van der Waals surface area contributed by atoms with Gasteiger partial charge in [-0.05, 0) is 42.0 Å². The van der Waals surface area contributed by atoms with Crippen molar-refractivity contribution >= 4 is 11.6 Å². The lowest BCUT2D eigenvalue weighted by Crippen LogP contribution is -2.35. The number of rotatable bonds is 4. The van der Waals surface area contributed by atoms with Gasteiger partial charge >= 0.3 is 0 Å². The summed E-state index contributed by atoms with van der Waals surface area (Å²) in [4.78, 5) is 11.8. The summed E-state index contributed by atoms with van der Waals surface area (Å²) < 4.78 is 12.8. The maximum Gasteiger partial charge on any atom is 0.269 e. The molecule has 0 unspecified atom stereocenters. The van der Waals surface area contributed by atoms with Crippen LogP contribution in [-0.4, -0.2) is 5.91 Å². The van der Waals surface area contributed by atoms with Crippen molar-refractivity contribution in [3.63, 3.8) is 0 Å². The highest BCUT2D eigenvalue weighted by Gasteiger charge is 2.06. The Labute approximate surface area is 121 Å². The van der Waals surface area contributed by atoms with E-state index in [2.05, 4.69) is 17.4 Å². The lowest BCUT2D eigenvalue weighted by atomic mass is 10.1.